The van der Waals surface area contributed by atoms with E-state index in [4.69, 9.17) is 5.11 Å². The third kappa shape index (κ3) is 2.62. The Hall–Kier alpha value is -2.20. The third-order valence-corrected chi connectivity index (χ3v) is 1.93. The molecule has 0 saturated carbocycles. The van der Waals surface area contributed by atoms with Crippen molar-refractivity contribution in [2.24, 2.45) is 0 Å². The van der Waals surface area contributed by atoms with Gasteiger partial charge in [0.2, 0.25) is 0 Å². The maximum absolute atomic E-state index is 9.09. The first-order valence-corrected chi connectivity index (χ1v) is 4.62. The van der Waals surface area contributed by atoms with Crippen LogP contribution in [0.3, 0.4) is 0 Å². The molecular weight excluding hydrogens is 184 g/mol. The Balaban J connectivity index is 2.22. The number of hydrogen-bond donors (Lipinski definition) is 1. The lowest BCUT2D eigenvalue weighted by atomic mass is 10.2. The summed E-state index contributed by atoms with van der Waals surface area (Å²) in [5.41, 5.74) is 1.82. The quantitative estimate of drug-likeness (QED) is 0.637. The average Bonchev–Trinajstić information content (AvgIpc) is 2.30. The number of rotatable bonds is 0. The first kappa shape index (κ1) is 9.36. The number of aromatic hydroxyl groups is 1. The van der Waals surface area contributed by atoms with Crippen molar-refractivity contribution in [1.29, 1.82) is 0 Å². The summed E-state index contributed by atoms with van der Waals surface area (Å²) in [6.45, 7) is 0. The highest BCUT2D eigenvalue weighted by molar-refractivity contribution is 5.43. The molecule has 71 valence electrons. The monoisotopic (exact) mass is 193 g/mol. The molecule has 0 amide bonds. The minimum Gasteiger partial charge on any atom is -0.508 e. The van der Waals surface area contributed by atoms with Gasteiger partial charge in [0, 0.05) is 11.1 Å². The summed E-state index contributed by atoms with van der Waals surface area (Å²) >= 11 is 0. The molecule has 15 heavy (non-hydrogen) atoms. The molecule has 2 aromatic rings. The zero-order chi connectivity index (χ0) is 10.5. The van der Waals surface area contributed by atoms with Crippen LogP contribution >= 0.6 is 0 Å². The summed E-state index contributed by atoms with van der Waals surface area (Å²) in [5.74, 6) is 6.28. The maximum atomic E-state index is 9.09. The minimum absolute atomic E-state index is 0.258. The molecule has 2 rings (SSSR count). The van der Waals surface area contributed by atoms with Crippen molar-refractivity contribution in [2.75, 3.05) is 0 Å². The van der Waals surface area contributed by atoms with E-state index in [1.54, 1.807) is 24.3 Å². The van der Waals surface area contributed by atoms with E-state index in [-0.39, 0.29) is 5.75 Å². The summed E-state index contributed by atoms with van der Waals surface area (Å²) in [6.07, 6.45) is 0. The van der Waals surface area contributed by atoms with E-state index in [1.165, 1.54) is 0 Å². The first-order valence-electron chi connectivity index (χ1n) is 4.62. The second-order valence-corrected chi connectivity index (χ2v) is 3.09. The molecule has 0 spiro atoms. The molecule has 2 aromatic carbocycles. The predicted molar refractivity (Wildman–Crippen MR) is 59.4 cm³/mol. The van der Waals surface area contributed by atoms with Crippen LogP contribution in [-0.2, 0) is 0 Å². The average molecular weight is 193 g/mol. The molecule has 0 aliphatic heterocycles. The van der Waals surface area contributed by atoms with Crippen molar-refractivity contribution in [3.8, 4) is 17.6 Å². The van der Waals surface area contributed by atoms with Gasteiger partial charge in [-0.25, -0.2) is 0 Å². The van der Waals surface area contributed by atoms with Gasteiger partial charge in [0.1, 0.15) is 5.75 Å². The van der Waals surface area contributed by atoms with Gasteiger partial charge < -0.3 is 5.11 Å². The minimum atomic E-state index is 0.258. The summed E-state index contributed by atoms with van der Waals surface area (Å²) in [4.78, 5) is 0. The zero-order valence-corrected chi connectivity index (χ0v) is 8.07. The highest BCUT2D eigenvalue weighted by Gasteiger charge is 1.87. The highest BCUT2D eigenvalue weighted by Crippen LogP contribution is 2.08. The van der Waals surface area contributed by atoms with Crippen LogP contribution in [0.15, 0.2) is 48.5 Å². The Morgan fingerprint density at radius 1 is 0.933 bits per heavy atom. The summed E-state index contributed by atoms with van der Waals surface area (Å²) in [6, 6.07) is 17.3. The van der Waals surface area contributed by atoms with Crippen molar-refractivity contribution in [3.05, 3.63) is 65.7 Å². The molecule has 0 heterocycles. The molecule has 0 saturated heterocycles. The Bertz CT molecular complexity index is 486. The van der Waals surface area contributed by atoms with E-state index < -0.39 is 0 Å². The topological polar surface area (TPSA) is 20.2 Å². The number of phenolic OH excluding ortho intramolecular Hbond substituents is 1. The summed E-state index contributed by atoms with van der Waals surface area (Å²) in [7, 11) is 0. The fourth-order valence-corrected chi connectivity index (χ4v) is 1.16. The van der Waals surface area contributed by atoms with Gasteiger partial charge in [-0.15, -0.1) is 0 Å². The van der Waals surface area contributed by atoms with E-state index in [9.17, 15) is 0 Å². The molecule has 1 radical (unpaired) electrons. The van der Waals surface area contributed by atoms with Crippen LogP contribution in [-0.4, -0.2) is 5.11 Å². The summed E-state index contributed by atoms with van der Waals surface area (Å²) in [5, 5.41) is 9.09. The third-order valence-electron chi connectivity index (χ3n) is 1.93. The molecular formula is C14H9O. The van der Waals surface area contributed by atoms with Gasteiger partial charge in [0.15, 0.2) is 0 Å². The van der Waals surface area contributed by atoms with Gasteiger partial charge in [-0.1, -0.05) is 24.0 Å². The van der Waals surface area contributed by atoms with Crippen LogP contribution in [0.2, 0.25) is 0 Å². The normalized spacial score (nSPS) is 9.07. The van der Waals surface area contributed by atoms with Crippen molar-refractivity contribution < 1.29 is 5.11 Å². The molecule has 0 bridgehead atoms. The lowest BCUT2D eigenvalue weighted by Crippen LogP contribution is -1.74. The fourth-order valence-electron chi connectivity index (χ4n) is 1.16. The molecule has 0 fully saturated rings. The Kier molecular flexibility index (Phi) is 2.71. The van der Waals surface area contributed by atoms with Crippen molar-refractivity contribution >= 4 is 0 Å². The zero-order valence-electron chi connectivity index (χ0n) is 8.07. The second kappa shape index (κ2) is 4.34. The van der Waals surface area contributed by atoms with Crippen molar-refractivity contribution in [3.63, 3.8) is 0 Å². The van der Waals surface area contributed by atoms with Crippen LogP contribution in [0.4, 0.5) is 0 Å². The molecule has 0 aliphatic rings. The van der Waals surface area contributed by atoms with Gasteiger partial charge >= 0.3 is 0 Å². The summed E-state index contributed by atoms with van der Waals surface area (Å²) < 4.78 is 0. The Morgan fingerprint density at radius 2 is 1.67 bits per heavy atom. The molecule has 0 aliphatic carbocycles. The molecule has 0 atom stereocenters. The van der Waals surface area contributed by atoms with E-state index in [2.05, 4.69) is 17.9 Å². The van der Waals surface area contributed by atoms with Crippen molar-refractivity contribution in [1.82, 2.24) is 0 Å². The Morgan fingerprint density at radius 3 is 2.33 bits per heavy atom. The lowest BCUT2D eigenvalue weighted by molar-refractivity contribution is 0.475. The molecule has 1 nitrogen and oxygen atoms in total. The maximum Gasteiger partial charge on any atom is 0.115 e. The van der Waals surface area contributed by atoms with Gasteiger partial charge in [0.25, 0.3) is 0 Å². The number of phenols is 1. The first-order chi connectivity index (χ1) is 7.34. The Labute approximate surface area is 89.0 Å². The molecule has 0 aromatic heterocycles. The highest BCUT2D eigenvalue weighted by atomic mass is 16.3. The lowest BCUT2D eigenvalue weighted by Gasteiger charge is -1.91. The van der Waals surface area contributed by atoms with E-state index in [0.29, 0.717) is 0 Å². The molecule has 0 unspecified atom stereocenters. The smallest absolute Gasteiger partial charge is 0.115 e. The fraction of sp³-hybridized carbons (Fsp3) is 0. The van der Waals surface area contributed by atoms with Gasteiger partial charge in [-0.05, 0) is 42.5 Å². The van der Waals surface area contributed by atoms with Crippen LogP contribution in [0, 0.1) is 17.9 Å². The second-order valence-electron chi connectivity index (χ2n) is 3.09. The largest absolute Gasteiger partial charge is 0.508 e. The van der Waals surface area contributed by atoms with Crippen LogP contribution < -0.4 is 0 Å². The van der Waals surface area contributed by atoms with E-state index in [0.717, 1.165) is 11.1 Å². The van der Waals surface area contributed by atoms with E-state index in [1.807, 2.05) is 24.3 Å². The number of hydrogen-bond acceptors (Lipinski definition) is 1. The SMILES string of the molecule is Oc1ccc(C#Cc2c[c]ccc2)cc1. The number of benzene rings is 2. The van der Waals surface area contributed by atoms with E-state index >= 15 is 0 Å². The van der Waals surface area contributed by atoms with Gasteiger partial charge in [0.05, 0.1) is 0 Å². The molecule has 1 heteroatoms. The van der Waals surface area contributed by atoms with Gasteiger partial charge in [-0.2, -0.15) is 0 Å². The van der Waals surface area contributed by atoms with Crippen molar-refractivity contribution in [2.45, 2.75) is 0 Å². The van der Waals surface area contributed by atoms with Crippen LogP contribution in [0.1, 0.15) is 11.1 Å². The standard InChI is InChI=1S/C14H9O/c15-14-10-8-13(9-11-14)7-6-12-4-2-1-3-5-12/h1-2,4-5,8-11,15H. The van der Waals surface area contributed by atoms with Gasteiger partial charge in [-0.3, -0.25) is 0 Å². The van der Waals surface area contributed by atoms with Crippen LogP contribution in [0.25, 0.3) is 0 Å². The molecule has 1 N–H and O–H groups in total. The predicted octanol–water partition coefficient (Wildman–Crippen LogP) is 2.59. The van der Waals surface area contributed by atoms with Crippen LogP contribution in [0.5, 0.6) is 5.75 Å².